The number of halogens is 3. The highest BCUT2D eigenvalue weighted by atomic mass is 19.2. The molecular formula is C22H28F3N3O3. The minimum atomic E-state index is -1.30. The van der Waals surface area contributed by atoms with Crippen molar-refractivity contribution >= 4 is 11.8 Å². The summed E-state index contributed by atoms with van der Waals surface area (Å²) in [5, 5.41) is 15.5. The Balaban J connectivity index is 1.38. The molecule has 1 saturated carbocycles. The Bertz CT molecular complexity index is 863. The van der Waals surface area contributed by atoms with Gasteiger partial charge in [-0.3, -0.25) is 9.59 Å². The molecule has 2 aliphatic heterocycles. The maximum Gasteiger partial charge on any atom is 0.252 e. The molecule has 1 aromatic rings. The maximum absolute atomic E-state index is 14.1. The van der Waals surface area contributed by atoms with E-state index in [1.54, 1.807) is 7.05 Å². The zero-order valence-electron chi connectivity index (χ0n) is 17.5. The third-order valence-corrected chi connectivity index (χ3v) is 7.07. The van der Waals surface area contributed by atoms with Crippen molar-refractivity contribution < 1.29 is 27.9 Å². The molecule has 1 aliphatic carbocycles. The number of nitrogens with one attached hydrogen (secondary N) is 2. The maximum atomic E-state index is 14.1. The summed E-state index contributed by atoms with van der Waals surface area (Å²) in [6, 6.07) is 1.42. The number of carbonyl (C=O) groups is 2. The van der Waals surface area contributed by atoms with Gasteiger partial charge in [-0.15, -0.1) is 0 Å². The van der Waals surface area contributed by atoms with Gasteiger partial charge >= 0.3 is 0 Å². The molecule has 3 N–H and O–H groups in total. The van der Waals surface area contributed by atoms with E-state index in [9.17, 15) is 27.9 Å². The number of carbonyl (C=O) groups excluding carboxylic acids is 2. The van der Waals surface area contributed by atoms with Crippen LogP contribution in [0.15, 0.2) is 12.1 Å². The SMILES string of the molecule is CN[C@H](Cc1cc(F)c(F)cc1F)C1CC2CC[C@@H](C1)N2C(=O)CNC(=O)C1(O)CC1. The first-order chi connectivity index (χ1) is 14.7. The molecule has 1 aromatic carbocycles. The van der Waals surface area contributed by atoms with Crippen molar-refractivity contribution in [1.82, 2.24) is 15.5 Å². The fourth-order valence-electron chi connectivity index (χ4n) is 5.17. The van der Waals surface area contributed by atoms with Crippen LogP contribution in [-0.2, 0) is 16.0 Å². The molecular weight excluding hydrogens is 411 g/mol. The minimum Gasteiger partial charge on any atom is -0.380 e. The fraction of sp³-hybridized carbons (Fsp3) is 0.636. The van der Waals surface area contributed by atoms with E-state index >= 15 is 0 Å². The smallest absolute Gasteiger partial charge is 0.252 e. The molecule has 31 heavy (non-hydrogen) atoms. The van der Waals surface area contributed by atoms with Crippen molar-refractivity contribution in [2.75, 3.05) is 13.6 Å². The second kappa shape index (κ2) is 8.43. The number of piperidine rings is 1. The fourth-order valence-corrected chi connectivity index (χ4v) is 5.17. The minimum absolute atomic E-state index is 0.0304. The first-order valence-electron chi connectivity index (χ1n) is 10.8. The standard InChI is InChI=1S/C22H28F3N3O3/c1-26-19(9-12-8-17(24)18(25)10-16(12)23)13-6-14-2-3-15(7-13)28(14)20(29)11-27-21(30)22(31)4-5-22/h8,10,13-15,19,26,31H,2-7,9,11H2,1H3,(H,27,30)/t13?,14-,15?,19+/m0/s1. The van der Waals surface area contributed by atoms with Crippen LogP contribution in [0.5, 0.6) is 0 Å². The zero-order valence-corrected chi connectivity index (χ0v) is 17.5. The number of aliphatic hydroxyl groups is 1. The predicted molar refractivity (Wildman–Crippen MR) is 106 cm³/mol. The number of fused-ring (bicyclic) bond motifs is 2. The van der Waals surface area contributed by atoms with Crippen LogP contribution in [0.25, 0.3) is 0 Å². The van der Waals surface area contributed by atoms with Crippen LogP contribution in [0.1, 0.15) is 44.1 Å². The average Bonchev–Trinajstić information content (AvgIpc) is 3.43. The summed E-state index contributed by atoms with van der Waals surface area (Å²) in [6.45, 7) is -0.131. The van der Waals surface area contributed by atoms with Gasteiger partial charge in [0, 0.05) is 24.2 Å². The Labute approximate surface area is 179 Å². The molecule has 2 bridgehead atoms. The molecule has 4 rings (SSSR count). The lowest BCUT2D eigenvalue weighted by Gasteiger charge is -2.42. The number of amides is 2. The molecule has 3 aliphatic rings. The van der Waals surface area contributed by atoms with Gasteiger partial charge in [0.25, 0.3) is 5.91 Å². The number of nitrogens with zero attached hydrogens (tertiary/aromatic N) is 1. The Kier molecular flexibility index (Phi) is 6.00. The van der Waals surface area contributed by atoms with E-state index in [0.717, 1.165) is 31.7 Å². The molecule has 6 nitrogen and oxygen atoms in total. The van der Waals surface area contributed by atoms with Gasteiger partial charge in [-0.05, 0) is 69.5 Å². The van der Waals surface area contributed by atoms with E-state index in [2.05, 4.69) is 10.6 Å². The molecule has 0 spiro atoms. The molecule has 0 aromatic heterocycles. The van der Waals surface area contributed by atoms with E-state index in [4.69, 9.17) is 0 Å². The molecule has 2 unspecified atom stereocenters. The van der Waals surface area contributed by atoms with Crippen LogP contribution in [0, 0.1) is 23.4 Å². The van der Waals surface area contributed by atoms with Gasteiger partial charge in [0.05, 0.1) is 6.54 Å². The lowest BCUT2D eigenvalue weighted by atomic mass is 9.82. The van der Waals surface area contributed by atoms with E-state index in [1.807, 2.05) is 4.90 Å². The van der Waals surface area contributed by atoms with Crippen molar-refractivity contribution in [3.8, 4) is 0 Å². The third-order valence-electron chi connectivity index (χ3n) is 7.07. The van der Waals surface area contributed by atoms with E-state index in [1.165, 1.54) is 0 Å². The highest BCUT2D eigenvalue weighted by Crippen LogP contribution is 2.40. The predicted octanol–water partition coefficient (Wildman–Crippen LogP) is 1.65. The zero-order chi connectivity index (χ0) is 22.3. The molecule has 170 valence electrons. The van der Waals surface area contributed by atoms with Gasteiger partial charge in [0.15, 0.2) is 11.6 Å². The monoisotopic (exact) mass is 439 g/mol. The largest absolute Gasteiger partial charge is 0.380 e. The Morgan fingerprint density at radius 2 is 1.74 bits per heavy atom. The van der Waals surface area contributed by atoms with Crippen molar-refractivity contribution in [1.29, 1.82) is 0 Å². The number of hydrogen-bond acceptors (Lipinski definition) is 4. The van der Waals surface area contributed by atoms with Crippen LogP contribution in [-0.4, -0.2) is 59.1 Å². The summed E-state index contributed by atoms with van der Waals surface area (Å²) in [5.41, 5.74) is -1.17. The first kappa shape index (κ1) is 22.1. The van der Waals surface area contributed by atoms with Crippen LogP contribution in [0.3, 0.4) is 0 Å². The number of hydrogen-bond donors (Lipinski definition) is 3. The molecule has 2 saturated heterocycles. The lowest BCUT2D eigenvalue weighted by Crippen LogP contribution is -2.53. The second-order valence-corrected chi connectivity index (χ2v) is 9.09. The lowest BCUT2D eigenvalue weighted by molar-refractivity contribution is -0.139. The van der Waals surface area contributed by atoms with E-state index in [0.29, 0.717) is 18.9 Å². The molecule has 0 radical (unpaired) electrons. The normalized spacial score (nSPS) is 27.1. The molecule has 2 amide bonds. The summed E-state index contributed by atoms with van der Waals surface area (Å²) in [5.74, 6) is -3.52. The van der Waals surface area contributed by atoms with Gasteiger partial charge in [-0.1, -0.05) is 0 Å². The van der Waals surface area contributed by atoms with Crippen molar-refractivity contribution in [3.63, 3.8) is 0 Å². The molecule has 9 heteroatoms. The highest BCUT2D eigenvalue weighted by Gasteiger charge is 2.49. The van der Waals surface area contributed by atoms with E-state index < -0.39 is 29.0 Å². The van der Waals surface area contributed by atoms with Crippen molar-refractivity contribution in [3.05, 3.63) is 35.1 Å². The van der Waals surface area contributed by atoms with Crippen LogP contribution < -0.4 is 10.6 Å². The summed E-state index contributed by atoms with van der Waals surface area (Å²) >= 11 is 0. The topological polar surface area (TPSA) is 81.7 Å². The summed E-state index contributed by atoms with van der Waals surface area (Å²) < 4.78 is 40.9. The average molecular weight is 439 g/mol. The van der Waals surface area contributed by atoms with Crippen LogP contribution in [0.2, 0.25) is 0 Å². The number of likely N-dealkylation sites (N-methyl/N-ethyl adjacent to an activating group) is 1. The van der Waals surface area contributed by atoms with E-state index in [-0.39, 0.29) is 48.5 Å². The van der Waals surface area contributed by atoms with Gasteiger partial charge in [-0.2, -0.15) is 0 Å². The molecule has 2 heterocycles. The Morgan fingerprint density at radius 1 is 1.13 bits per heavy atom. The second-order valence-electron chi connectivity index (χ2n) is 9.09. The van der Waals surface area contributed by atoms with Crippen molar-refractivity contribution in [2.45, 2.75) is 68.7 Å². The third kappa shape index (κ3) is 4.43. The Morgan fingerprint density at radius 3 is 2.32 bits per heavy atom. The quantitative estimate of drug-likeness (QED) is 0.565. The first-order valence-corrected chi connectivity index (χ1v) is 10.8. The van der Waals surface area contributed by atoms with Gasteiger partial charge < -0.3 is 20.6 Å². The van der Waals surface area contributed by atoms with Crippen LogP contribution in [0.4, 0.5) is 13.2 Å². The number of rotatable bonds is 7. The van der Waals surface area contributed by atoms with Crippen LogP contribution >= 0.6 is 0 Å². The van der Waals surface area contributed by atoms with Crippen molar-refractivity contribution in [2.24, 2.45) is 5.92 Å². The Hall–Kier alpha value is -2.13. The molecule has 4 atom stereocenters. The highest BCUT2D eigenvalue weighted by molar-refractivity contribution is 5.91. The summed E-state index contributed by atoms with van der Waals surface area (Å²) in [6.07, 6.45) is 4.24. The molecule has 3 fully saturated rings. The van der Waals surface area contributed by atoms with Gasteiger partial charge in [-0.25, -0.2) is 13.2 Å². The summed E-state index contributed by atoms with van der Waals surface area (Å²) in [4.78, 5) is 26.5. The van der Waals surface area contributed by atoms with Gasteiger partial charge in [0.1, 0.15) is 11.4 Å². The number of benzene rings is 1. The summed E-state index contributed by atoms with van der Waals surface area (Å²) in [7, 11) is 1.76. The van der Waals surface area contributed by atoms with Gasteiger partial charge in [0.2, 0.25) is 5.91 Å².